The lowest BCUT2D eigenvalue weighted by Gasteiger charge is -2.12. The molecule has 0 aromatic heterocycles. The first kappa shape index (κ1) is 19.0. The van der Waals surface area contributed by atoms with Crippen molar-refractivity contribution >= 4 is 49.2 Å². The maximum absolute atomic E-state index is 6.59. The topological polar surface area (TPSA) is 0 Å². The zero-order valence-electron chi connectivity index (χ0n) is 13.9. The van der Waals surface area contributed by atoms with E-state index in [9.17, 15) is 0 Å². The summed E-state index contributed by atoms with van der Waals surface area (Å²) in [6, 6.07) is 28.1. The van der Waals surface area contributed by atoms with Gasteiger partial charge in [0.15, 0.2) is 0 Å². The molecule has 0 aliphatic rings. The Labute approximate surface area is 172 Å². The van der Waals surface area contributed by atoms with Gasteiger partial charge in [0, 0.05) is 20.5 Å². The predicted molar refractivity (Wildman–Crippen MR) is 117 cm³/mol. The monoisotopic (exact) mass is 442 g/mol. The van der Waals surface area contributed by atoms with Gasteiger partial charge in [-0.1, -0.05) is 124 Å². The number of allylic oxidation sites excluding steroid dienone is 2. The van der Waals surface area contributed by atoms with E-state index in [2.05, 4.69) is 28.1 Å². The Hall–Kier alpha value is -1.80. The Kier molecular flexibility index (Phi) is 6.73. The molecule has 0 N–H and O–H groups in total. The molecule has 0 amide bonds. The second kappa shape index (κ2) is 9.23. The third kappa shape index (κ3) is 5.11. The normalized spacial score (nSPS) is 13.5. The van der Waals surface area contributed by atoms with Gasteiger partial charge in [-0.2, -0.15) is 0 Å². The fraction of sp³-hybridized carbons (Fsp3) is 0.0435. The molecule has 0 heterocycles. The van der Waals surface area contributed by atoms with Crippen LogP contribution in [0.1, 0.15) is 22.6 Å². The van der Waals surface area contributed by atoms with Gasteiger partial charge in [-0.3, -0.25) is 0 Å². The molecule has 0 spiro atoms. The summed E-state index contributed by atoms with van der Waals surface area (Å²) >= 11 is 16.7. The molecular weight excluding hydrogens is 427 g/mol. The standard InChI is InChI=1S/C23H17BrCl2/c24-21-13-11-17(12-14-21)20(15-22(25)18-7-3-1-4-8-18)16-23(26)19-9-5-2-6-10-19/h1-16,20H/b22-15-,23-16+. The number of rotatable bonds is 5. The molecule has 3 heteroatoms. The van der Waals surface area contributed by atoms with Crippen molar-refractivity contribution in [3.8, 4) is 0 Å². The van der Waals surface area contributed by atoms with Crippen LogP contribution in [0.5, 0.6) is 0 Å². The van der Waals surface area contributed by atoms with Crippen LogP contribution in [0.15, 0.2) is 102 Å². The molecule has 26 heavy (non-hydrogen) atoms. The minimum atomic E-state index is -0.0384. The quantitative estimate of drug-likeness (QED) is 0.373. The van der Waals surface area contributed by atoms with Crippen molar-refractivity contribution in [2.75, 3.05) is 0 Å². The molecule has 0 fully saturated rings. The van der Waals surface area contributed by atoms with Crippen molar-refractivity contribution in [3.63, 3.8) is 0 Å². The largest absolute Gasteiger partial charge is 0.0840 e. The predicted octanol–water partition coefficient (Wildman–Crippen LogP) is 8.09. The zero-order valence-corrected chi connectivity index (χ0v) is 17.0. The van der Waals surface area contributed by atoms with Crippen LogP contribution in [0.2, 0.25) is 0 Å². The Balaban J connectivity index is 2.01. The minimum absolute atomic E-state index is 0.0384. The van der Waals surface area contributed by atoms with Crippen molar-refractivity contribution in [2.24, 2.45) is 0 Å². The van der Waals surface area contributed by atoms with Crippen LogP contribution < -0.4 is 0 Å². The van der Waals surface area contributed by atoms with Gasteiger partial charge in [0.2, 0.25) is 0 Å². The second-order valence-electron chi connectivity index (χ2n) is 5.84. The summed E-state index contributed by atoms with van der Waals surface area (Å²) in [6.45, 7) is 0. The lowest BCUT2D eigenvalue weighted by atomic mass is 9.96. The Morgan fingerprint density at radius 2 is 1.08 bits per heavy atom. The SMILES string of the molecule is Cl/C(=C\C(/C=C(/Cl)c1ccccc1)c1ccc(Br)cc1)c1ccccc1. The lowest BCUT2D eigenvalue weighted by molar-refractivity contribution is 1.09. The van der Waals surface area contributed by atoms with Gasteiger partial charge in [0.1, 0.15) is 0 Å². The van der Waals surface area contributed by atoms with E-state index in [1.165, 1.54) is 0 Å². The molecule has 0 aliphatic carbocycles. The van der Waals surface area contributed by atoms with Crippen LogP contribution >= 0.6 is 39.1 Å². The fourth-order valence-corrected chi connectivity index (χ4v) is 3.42. The molecule has 0 saturated heterocycles. The van der Waals surface area contributed by atoms with E-state index in [-0.39, 0.29) is 5.92 Å². The van der Waals surface area contributed by atoms with E-state index in [0.717, 1.165) is 21.2 Å². The highest BCUT2D eigenvalue weighted by molar-refractivity contribution is 9.10. The smallest absolute Gasteiger partial charge is 0.0447 e. The molecule has 3 aromatic carbocycles. The second-order valence-corrected chi connectivity index (χ2v) is 7.57. The lowest BCUT2D eigenvalue weighted by Crippen LogP contribution is -1.93. The first-order valence-corrected chi connectivity index (χ1v) is 9.79. The molecule has 1 atom stereocenters. The summed E-state index contributed by atoms with van der Waals surface area (Å²) in [5, 5.41) is 1.40. The molecule has 0 radical (unpaired) electrons. The van der Waals surface area contributed by atoms with Crippen LogP contribution in [0, 0.1) is 0 Å². The highest BCUT2D eigenvalue weighted by Gasteiger charge is 2.10. The Bertz CT molecular complexity index is 842. The van der Waals surface area contributed by atoms with E-state index in [1.54, 1.807) is 0 Å². The highest BCUT2D eigenvalue weighted by atomic mass is 79.9. The van der Waals surface area contributed by atoms with E-state index in [4.69, 9.17) is 23.2 Å². The van der Waals surface area contributed by atoms with Gasteiger partial charge in [-0.05, 0) is 28.8 Å². The van der Waals surface area contributed by atoms with E-state index < -0.39 is 0 Å². The molecule has 130 valence electrons. The van der Waals surface area contributed by atoms with Crippen LogP contribution in [0.3, 0.4) is 0 Å². The molecule has 0 saturated carbocycles. The minimum Gasteiger partial charge on any atom is -0.0840 e. The van der Waals surface area contributed by atoms with Gasteiger partial charge < -0.3 is 0 Å². The summed E-state index contributed by atoms with van der Waals surface area (Å²) in [4.78, 5) is 0. The summed E-state index contributed by atoms with van der Waals surface area (Å²) in [7, 11) is 0. The average molecular weight is 444 g/mol. The average Bonchev–Trinajstić information content (AvgIpc) is 2.69. The van der Waals surface area contributed by atoms with Crippen LogP contribution in [0.4, 0.5) is 0 Å². The number of hydrogen-bond donors (Lipinski definition) is 0. The van der Waals surface area contributed by atoms with E-state index >= 15 is 0 Å². The summed E-state index contributed by atoms with van der Waals surface area (Å²) < 4.78 is 1.04. The van der Waals surface area contributed by atoms with Gasteiger partial charge in [0.05, 0.1) is 0 Å². The Morgan fingerprint density at radius 3 is 1.50 bits per heavy atom. The van der Waals surface area contributed by atoms with Crippen molar-refractivity contribution in [2.45, 2.75) is 5.92 Å². The van der Waals surface area contributed by atoms with Crippen molar-refractivity contribution in [3.05, 3.63) is 118 Å². The van der Waals surface area contributed by atoms with Crippen molar-refractivity contribution in [1.82, 2.24) is 0 Å². The highest BCUT2D eigenvalue weighted by Crippen LogP contribution is 2.31. The summed E-state index contributed by atoms with van der Waals surface area (Å²) in [6.07, 6.45) is 4.07. The van der Waals surface area contributed by atoms with E-state index in [1.807, 2.05) is 84.9 Å². The third-order valence-electron chi connectivity index (χ3n) is 4.01. The van der Waals surface area contributed by atoms with Crippen LogP contribution in [0.25, 0.3) is 10.1 Å². The van der Waals surface area contributed by atoms with E-state index in [0.29, 0.717) is 10.1 Å². The zero-order chi connectivity index (χ0) is 18.4. The van der Waals surface area contributed by atoms with Gasteiger partial charge in [0.25, 0.3) is 0 Å². The molecule has 1 unspecified atom stereocenters. The third-order valence-corrected chi connectivity index (χ3v) is 5.22. The molecule has 0 bridgehead atoms. The molecule has 3 aromatic rings. The van der Waals surface area contributed by atoms with Crippen molar-refractivity contribution in [1.29, 1.82) is 0 Å². The summed E-state index contributed by atoms with van der Waals surface area (Å²) in [5.41, 5.74) is 3.09. The number of halogens is 3. The van der Waals surface area contributed by atoms with Crippen LogP contribution in [-0.4, -0.2) is 0 Å². The Morgan fingerprint density at radius 1 is 0.654 bits per heavy atom. The van der Waals surface area contributed by atoms with Gasteiger partial charge >= 0.3 is 0 Å². The van der Waals surface area contributed by atoms with Crippen molar-refractivity contribution < 1.29 is 0 Å². The maximum atomic E-state index is 6.59. The van der Waals surface area contributed by atoms with Crippen LogP contribution in [-0.2, 0) is 0 Å². The molecular formula is C23H17BrCl2. The first-order valence-electron chi connectivity index (χ1n) is 8.24. The number of benzene rings is 3. The molecule has 0 nitrogen and oxygen atoms in total. The van der Waals surface area contributed by atoms with Gasteiger partial charge in [-0.25, -0.2) is 0 Å². The number of hydrogen-bond acceptors (Lipinski definition) is 0. The first-order chi connectivity index (χ1) is 12.6. The maximum Gasteiger partial charge on any atom is 0.0447 e. The summed E-state index contributed by atoms with van der Waals surface area (Å²) in [5.74, 6) is -0.0384. The molecule has 3 rings (SSSR count). The molecule has 0 aliphatic heterocycles. The fourth-order valence-electron chi connectivity index (χ4n) is 2.63. The van der Waals surface area contributed by atoms with Gasteiger partial charge in [-0.15, -0.1) is 0 Å².